The molecule has 1 heterocycles. The Balaban J connectivity index is 1.76. The average Bonchev–Trinajstić information content (AvgIpc) is 2.90. The Labute approximate surface area is 221 Å². The number of benzene rings is 3. The van der Waals surface area contributed by atoms with Crippen LogP contribution in [0.1, 0.15) is 32.6 Å². The molecule has 5 nitrogen and oxygen atoms in total. The second-order valence-electron chi connectivity index (χ2n) is 9.10. The minimum Gasteiger partial charge on any atom is -0.508 e. The number of hydrogen-bond donors (Lipinski definition) is 2. The predicted octanol–water partition coefficient (Wildman–Crippen LogP) is 5.89. The van der Waals surface area contributed by atoms with Crippen LogP contribution in [0.15, 0.2) is 97.1 Å². The van der Waals surface area contributed by atoms with Gasteiger partial charge in [-0.2, -0.15) is 0 Å². The van der Waals surface area contributed by atoms with Gasteiger partial charge in [-0.25, -0.2) is 4.39 Å². The first-order chi connectivity index (χ1) is 18.3. The highest BCUT2D eigenvalue weighted by Gasteiger charge is 2.30. The second kappa shape index (κ2) is 11.6. The number of piperidine rings is 1. The maximum atomic E-state index is 13.6. The molecule has 1 saturated heterocycles. The van der Waals surface area contributed by atoms with E-state index in [0.717, 1.165) is 0 Å². The molecule has 0 atom stereocenters. The van der Waals surface area contributed by atoms with Crippen molar-refractivity contribution >= 4 is 23.8 Å². The zero-order valence-electron chi connectivity index (χ0n) is 20.9. The quantitative estimate of drug-likeness (QED) is 0.308. The van der Waals surface area contributed by atoms with E-state index >= 15 is 0 Å². The summed E-state index contributed by atoms with van der Waals surface area (Å²) in [6.07, 6.45) is 7.72. The summed E-state index contributed by atoms with van der Waals surface area (Å²) >= 11 is 0. The Morgan fingerprint density at radius 2 is 1.29 bits per heavy atom. The normalized spacial score (nSPS) is 15.6. The highest BCUT2D eigenvalue weighted by Crippen LogP contribution is 2.27. The van der Waals surface area contributed by atoms with Gasteiger partial charge in [0.2, 0.25) is 0 Å². The minimum atomic E-state index is -0.443. The molecule has 0 saturated carbocycles. The lowest BCUT2D eigenvalue weighted by Gasteiger charge is -2.30. The fourth-order valence-corrected chi connectivity index (χ4v) is 4.39. The third-order valence-electron chi connectivity index (χ3n) is 6.30. The van der Waals surface area contributed by atoms with Gasteiger partial charge < -0.3 is 15.1 Å². The molecule has 3 aromatic carbocycles. The molecule has 1 aliphatic heterocycles. The highest BCUT2D eigenvalue weighted by molar-refractivity contribution is 6.16. The van der Waals surface area contributed by atoms with E-state index in [1.54, 1.807) is 65.6 Å². The van der Waals surface area contributed by atoms with Crippen LogP contribution in [0.25, 0.3) is 12.2 Å². The van der Waals surface area contributed by atoms with Gasteiger partial charge in [0.25, 0.3) is 5.91 Å². The minimum absolute atomic E-state index is 0.0708. The molecule has 1 fully saturated rings. The topological polar surface area (TPSA) is 77.8 Å². The van der Waals surface area contributed by atoms with Gasteiger partial charge in [-0.1, -0.05) is 24.3 Å². The Kier molecular flexibility index (Phi) is 8.02. The molecule has 0 bridgehead atoms. The molecular weight excluding hydrogens is 481 g/mol. The average molecular weight is 510 g/mol. The number of aromatic hydroxyl groups is 2. The maximum Gasteiger partial charge on any atom is 0.254 e. The number of rotatable bonds is 7. The largest absolute Gasteiger partial charge is 0.508 e. The number of hydrogen-bond acceptors (Lipinski definition) is 4. The summed E-state index contributed by atoms with van der Waals surface area (Å²) in [5, 5.41) is 20.2. The zero-order valence-corrected chi connectivity index (χ0v) is 20.9. The second-order valence-corrected chi connectivity index (χ2v) is 9.10. The van der Waals surface area contributed by atoms with E-state index in [1.807, 2.05) is 0 Å². The van der Waals surface area contributed by atoms with Crippen molar-refractivity contribution in [1.29, 1.82) is 0 Å². The maximum absolute atomic E-state index is 13.6. The fourth-order valence-electron chi connectivity index (χ4n) is 4.39. The number of Topliss-reactive ketones (excluding diaryl/α,β-unsaturated/α-hetero) is 1. The summed E-state index contributed by atoms with van der Waals surface area (Å²) in [5.74, 6) is -0.700. The summed E-state index contributed by atoms with van der Waals surface area (Å²) in [4.78, 5) is 28.5. The van der Waals surface area contributed by atoms with Crippen LogP contribution < -0.4 is 0 Å². The van der Waals surface area contributed by atoms with E-state index in [2.05, 4.69) is 13.2 Å². The number of phenols is 2. The monoisotopic (exact) mass is 509 g/mol. The molecule has 1 amide bonds. The van der Waals surface area contributed by atoms with Crippen LogP contribution in [0.2, 0.25) is 0 Å². The number of amides is 1. The third kappa shape index (κ3) is 5.98. The van der Waals surface area contributed by atoms with Gasteiger partial charge >= 0.3 is 0 Å². The van der Waals surface area contributed by atoms with Crippen LogP contribution in [0, 0.1) is 5.82 Å². The Hall–Kier alpha value is -4.71. The van der Waals surface area contributed by atoms with E-state index in [-0.39, 0.29) is 36.3 Å². The van der Waals surface area contributed by atoms with Gasteiger partial charge in [0, 0.05) is 16.7 Å². The number of likely N-dealkylation sites (tertiary alicyclic amines) is 1. The van der Waals surface area contributed by atoms with Crippen LogP contribution in [0.5, 0.6) is 11.5 Å². The summed E-state index contributed by atoms with van der Waals surface area (Å²) in [5.41, 5.74) is 3.87. The first-order valence-corrected chi connectivity index (χ1v) is 12.1. The Morgan fingerprint density at radius 1 is 0.816 bits per heavy atom. The van der Waals surface area contributed by atoms with Gasteiger partial charge in [0.1, 0.15) is 17.3 Å². The molecule has 2 N–H and O–H groups in total. The first-order valence-electron chi connectivity index (χ1n) is 12.1. The fraction of sp³-hybridized carbons (Fsp3) is 0.125. The molecule has 3 aromatic rings. The van der Waals surface area contributed by atoms with Crippen molar-refractivity contribution < 1.29 is 24.2 Å². The van der Waals surface area contributed by atoms with Gasteiger partial charge in [0.05, 0.1) is 13.1 Å². The number of allylic oxidation sites excluding steroid dienone is 2. The molecule has 4 rings (SSSR count). The number of halogens is 1. The van der Waals surface area contributed by atoms with Crippen LogP contribution >= 0.6 is 0 Å². The molecular formula is C32H28FNO4. The van der Waals surface area contributed by atoms with Gasteiger partial charge in [-0.15, -0.1) is 13.2 Å². The molecule has 1 aliphatic rings. The van der Waals surface area contributed by atoms with Crippen molar-refractivity contribution in [3.63, 3.8) is 0 Å². The smallest absolute Gasteiger partial charge is 0.254 e. The van der Waals surface area contributed by atoms with Crippen molar-refractivity contribution in [3.8, 4) is 11.5 Å². The lowest BCUT2D eigenvalue weighted by atomic mass is 9.93. The van der Waals surface area contributed by atoms with Crippen molar-refractivity contribution in [2.45, 2.75) is 12.8 Å². The molecule has 38 heavy (non-hydrogen) atoms. The first kappa shape index (κ1) is 26.4. The van der Waals surface area contributed by atoms with E-state index < -0.39 is 5.82 Å². The number of nitrogens with zero attached hydrogens (tertiary/aromatic N) is 1. The molecule has 6 heteroatoms. The third-order valence-corrected chi connectivity index (χ3v) is 6.30. The number of carbonyl (C=O) groups excluding carboxylic acids is 2. The lowest BCUT2D eigenvalue weighted by molar-refractivity contribution is -0.113. The Bertz CT molecular complexity index is 1390. The molecule has 0 spiro atoms. The highest BCUT2D eigenvalue weighted by atomic mass is 19.1. The van der Waals surface area contributed by atoms with Crippen molar-refractivity contribution in [2.75, 3.05) is 13.1 Å². The van der Waals surface area contributed by atoms with Gasteiger partial charge in [-0.3, -0.25) is 9.59 Å². The van der Waals surface area contributed by atoms with Crippen LogP contribution in [0.4, 0.5) is 4.39 Å². The Morgan fingerprint density at radius 3 is 1.74 bits per heavy atom. The lowest BCUT2D eigenvalue weighted by Crippen LogP contribution is -2.41. The van der Waals surface area contributed by atoms with Gasteiger partial charge in [0.15, 0.2) is 5.78 Å². The summed E-state index contributed by atoms with van der Waals surface area (Å²) in [7, 11) is 0. The van der Waals surface area contributed by atoms with Crippen LogP contribution in [-0.2, 0) is 17.6 Å². The number of phenolic OH excluding ortho intramolecular Hbond substituents is 2. The predicted molar refractivity (Wildman–Crippen MR) is 147 cm³/mol. The van der Waals surface area contributed by atoms with Crippen molar-refractivity contribution in [1.82, 2.24) is 4.90 Å². The van der Waals surface area contributed by atoms with E-state index in [4.69, 9.17) is 0 Å². The molecule has 0 radical (unpaired) electrons. The SMILES string of the molecule is C=CCc1cc(/C=C2\CN(C(=O)c3ccc(F)cc3)C/C(=C\c3ccc(O)c(CC=C)c3)C2=O)ccc1O. The summed E-state index contributed by atoms with van der Waals surface area (Å²) < 4.78 is 13.4. The number of ketones is 1. The standard InChI is InChI=1S/C32H28FNO4/c1-3-5-24-15-21(7-13-29(24)35)17-26-19-34(32(38)23-9-11-28(33)12-10-23)20-27(31(26)37)18-22-8-14-30(36)25(16-22)6-4-2/h3-4,7-18,35-36H,1-2,5-6,19-20H2/b26-17+,27-18+. The van der Waals surface area contributed by atoms with Crippen molar-refractivity contribution in [2.24, 2.45) is 0 Å². The van der Waals surface area contributed by atoms with E-state index in [0.29, 0.717) is 51.8 Å². The number of carbonyl (C=O) groups is 2. The van der Waals surface area contributed by atoms with Gasteiger partial charge in [-0.05, 0) is 95.8 Å². The molecule has 0 aromatic heterocycles. The molecule has 192 valence electrons. The summed E-state index contributed by atoms with van der Waals surface area (Å²) in [6, 6.07) is 15.4. The van der Waals surface area contributed by atoms with E-state index in [1.165, 1.54) is 24.3 Å². The summed E-state index contributed by atoms with van der Waals surface area (Å²) in [6.45, 7) is 7.57. The molecule has 0 aliphatic carbocycles. The van der Waals surface area contributed by atoms with E-state index in [9.17, 15) is 24.2 Å². The van der Waals surface area contributed by atoms with Crippen molar-refractivity contribution in [3.05, 3.63) is 131 Å². The van der Waals surface area contributed by atoms with Crippen LogP contribution in [0.3, 0.4) is 0 Å². The van der Waals surface area contributed by atoms with Crippen LogP contribution in [-0.4, -0.2) is 39.9 Å². The zero-order chi connectivity index (χ0) is 27.2. The molecule has 0 unspecified atom stereocenters.